The zero-order valence-corrected chi connectivity index (χ0v) is 13.9. The summed E-state index contributed by atoms with van der Waals surface area (Å²) in [5.74, 6) is -4.09. The van der Waals surface area contributed by atoms with Gasteiger partial charge in [-0.25, -0.2) is 26.3 Å². The Kier molecular flexibility index (Phi) is 4.67. The lowest BCUT2D eigenvalue weighted by atomic mass is 9.26. The predicted octanol–water partition coefficient (Wildman–Crippen LogP) is 5.10. The molecule has 0 amide bonds. The molecule has 2 aliphatic rings. The number of hydrogen-bond acceptors (Lipinski definition) is 0. The molecule has 0 aliphatic heterocycles. The van der Waals surface area contributed by atoms with E-state index in [9.17, 15) is 17.6 Å². The third-order valence-electron chi connectivity index (χ3n) is 4.75. The van der Waals surface area contributed by atoms with Gasteiger partial charge in [0, 0.05) is 12.8 Å². The van der Waals surface area contributed by atoms with Crippen molar-refractivity contribution >= 4 is 12.2 Å². The Morgan fingerprint density at radius 1 is 0.846 bits per heavy atom. The highest BCUT2D eigenvalue weighted by molar-refractivity contribution is 6.79. The lowest BCUT2D eigenvalue weighted by Gasteiger charge is -2.39. The van der Waals surface area contributed by atoms with Gasteiger partial charge in [0.15, 0.2) is 0 Å². The van der Waals surface area contributed by atoms with Crippen LogP contribution in [0, 0.1) is 18.6 Å². The van der Waals surface area contributed by atoms with E-state index in [1.165, 1.54) is 6.92 Å². The molecule has 0 nitrogen and oxygen atoms in total. The highest BCUT2D eigenvalue weighted by atomic mass is 19.2. The average Bonchev–Trinajstić information content (AvgIpc) is 2.54. The second kappa shape index (κ2) is 6.52. The molecule has 0 saturated carbocycles. The molecule has 2 aliphatic carbocycles. The van der Waals surface area contributed by atoms with Gasteiger partial charge in [0.05, 0.1) is 0 Å². The fraction of sp³-hybridized carbons (Fsp3) is 0.263. The van der Waals surface area contributed by atoms with Crippen LogP contribution in [0.4, 0.5) is 26.3 Å². The van der Waals surface area contributed by atoms with Crippen LogP contribution in [-0.2, 0) is 0 Å². The first-order valence-corrected chi connectivity index (χ1v) is 8.06. The lowest BCUT2D eigenvalue weighted by molar-refractivity contribution is 0.258. The summed E-state index contributed by atoms with van der Waals surface area (Å²) in [6, 6.07) is 2.03. The number of halogens is 6. The van der Waals surface area contributed by atoms with Crippen molar-refractivity contribution in [2.24, 2.45) is 0 Å². The van der Waals surface area contributed by atoms with Crippen molar-refractivity contribution in [3.63, 3.8) is 0 Å². The molecule has 0 N–H and O–H groups in total. The SMILES string of the molecule is Cc1ccc(F)c(B(C2(F)C=CC=C(F)C2)C2(F)C=CC=C(F)C2)c1F. The van der Waals surface area contributed by atoms with Gasteiger partial charge in [0.1, 0.15) is 34.4 Å². The monoisotopic (exact) mass is 368 g/mol. The number of allylic oxidation sites excluding steroid dienone is 8. The predicted molar refractivity (Wildman–Crippen MR) is 90.1 cm³/mol. The van der Waals surface area contributed by atoms with Crippen molar-refractivity contribution in [3.8, 4) is 0 Å². The molecule has 2 unspecified atom stereocenters. The Labute approximate surface area is 147 Å². The largest absolute Gasteiger partial charge is 0.282 e. The molecule has 0 bridgehead atoms. The molecule has 1 aromatic carbocycles. The third kappa shape index (κ3) is 3.15. The fourth-order valence-corrected chi connectivity index (χ4v) is 3.60. The zero-order valence-electron chi connectivity index (χ0n) is 13.9. The van der Waals surface area contributed by atoms with Gasteiger partial charge in [-0.3, -0.25) is 0 Å². The van der Waals surface area contributed by atoms with Gasteiger partial charge < -0.3 is 0 Å². The molecule has 0 radical (unpaired) electrons. The number of hydrogen-bond donors (Lipinski definition) is 0. The molecule has 7 heteroatoms. The summed E-state index contributed by atoms with van der Waals surface area (Å²) in [7, 11) is 0. The molecule has 1 aromatic rings. The Balaban J connectivity index is 2.24. The second-order valence-corrected chi connectivity index (χ2v) is 6.68. The van der Waals surface area contributed by atoms with E-state index in [4.69, 9.17) is 0 Å². The molecular weight excluding hydrogens is 353 g/mol. The van der Waals surface area contributed by atoms with Gasteiger partial charge in [-0.05, 0) is 36.2 Å². The smallest absolute Gasteiger partial charge is 0.248 e. The first-order valence-electron chi connectivity index (χ1n) is 8.06. The van der Waals surface area contributed by atoms with Crippen LogP contribution in [0.25, 0.3) is 0 Å². The maximum absolute atomic E-state index is 15.7. The van der Waals surface area contributed by atoms with E-state index in [-0.39, 0.29) is 5.56 Å². The Morgan fingerprint density at radius 3 is 1.81 bits per heavy atom. The summed E-state index contributed by atoms with van der Waals surface area (Å²) in [6.45, 7) is -0.791. The van der Waals surface area contributed by atoms with E-state index in [2.05, 4.69) is 0 Å². The zero-order chi connectivity index (χ0) is 19.1. The third-order valence-corrected chi connectivity index (χ3v) is 4.75. The van der Waals surface area contributed by atoms with Crippen molar-refractivity contribution in [2.75, 3.05) is 0 Å². The number of rotatable bonds is 3. The van der Waals surface area contributed by atoms with Crippen LogP contribution in [0.5, 0.6) is 0 Å². The minimum Gasteiger partial charge on any atom is -0.248 e. The molecule has 0 heterocycles. The van der Waals surface area contributed by atoms with Crippen molar-refractivity contribution in [2.45, 2.75) is 30.9 Å². The number of benzene rings is 1. The quantitative estimate of drug-likeness (QED) is 0.515. The van der Waals surface area contributed by atoms with Gasteiger partial charge in [0.2, 0.25) is 0 Å². The molecule has 2 atom stereocenters. The highest BCUT2D eigenvalue weighted by Crippen LogP contribution is 2.41. The van der Waals surface area contributed by atoms with Gasteiger partial charge in [-0.1, -0.05) is 30.4 Å². The highest BCUT2D eigenvalue weighted by Gasteiger charge is 2.58. The first kappa shape index (κ1) is 18.6. The Bertz CT molecular complexity index is 814. The average molecular weight is 368 g/mol. The van der Waals surface area contributed by atoms with E-state index >= 15 is 8.78 Å². The van der Waals surface area contributed by atoms with Gasteiger partial charge in [-0.15, -0.1) is 0 Å². The minimum atomic E-state index is -2.77. The van der Waals surface area contributed by atoms with Crippen LogP contribution in [0.1, 0.15) is 18.4 Å². The summed E-state index contributed by atoms with van der Waals surface area (Å²) in [5, 5.41) is 0. The minimum absolute atomic E-state index is 0.0230. The van der Waals surface area contributed by atoms with E-state index in [1.807, 2.05) is 0 Å². The molecule has 26 heavy (non-hydrogen) atoms. The first-order chi connectivity index (χ1) is 12.2. The van der Waals surface area contributed by atoms with Crippen LogP contribution >= 0.6 is 0 Å². The normalized spacial score (nSPS) is 28.0. The fourth-order valence-electron chi connectivity index (χ4n) is 3.60. The van der Waals surface area contributed by atoms with Crippen LogP contribution in [0.2, 0.25) is 0 Å². The maximum Gasteiger partial charge on any atom is 0.282 e. The summed E-state index contributed by atoms with van der Waals surface area (Å²) < 4.78 is 88.1. The van der Waals surface area contributed by atoms with E-state index in [0.717, 1.165) is 48.6 Å². The van der Waals surface area contributed by atoms with Crippen molar-refractivity contribution in [1.29, 1.82) is 0 Å². The van der Waals surface area contributed by atoms with E-state index in [0.29, 0.717) is 0 Å². The van der Waals surface area contributed by atoms with E-state index < -0.39 is 59.4 Å². The second-order valence-electron chi connectivity index (χ2n) is 6.68. The van der Waals surface area contributed by atoms with Crippen LogP contribution in [-0.4, -0.2) is 17.8 Å². The Hall–Kier alpha value is -2.18. The number of alkyl halides is 2. The molecule has 0 fully saturated rings. The van der Waals surface area contributed by atoms with Crippen LogP contribution in [0.15, 0.2) is 60.2 Å². The van der Waals surface area contributed by atoms with E-state index in [1.54, 1.807) is 0 Å². The molecule has 0 aromatic heterocycles. The lowest BCUT2D eigenvalue weighted by Crippen LogP contribution is -2.64. The standard InChI is InChI=1S/C19H15BF6/c1-12-6-7-15(23)16(17(12)24)20(18(25)8-2-4-13(21)10-18)19(26)9-3-5-14(22)11-19/h2-9H,10-11H2,1H3. The van der Waals surface area contributed by atoms with Crippen LogP contribution < -0.4 is 5.46 Å². The molecular formula is C19H15BF6. The molecule has 0 spiro atoms. The van der Waals surface area contributed by atoms with Crippen molar-refractivity contribution < 1.29 is 26.3 Å². The summed E-state index contributed by atoms with van der Waals surface area (Å²) in [4.78, 5) is 0. The number of aryl methyl sites for hydroxylation is 1. The molecule has 0 saturated heterocycles. The summed E-state index contributed by atoms with van der Waals surface area (Å²) in [6.07, 6.45) is 3.97. The maximum atomic E-state index is 15.7. The summed E-state index contributed by atoms with van der Waals surface area (Å²) >= 11 is 0. The topological polar surface area (TPSA) is 0 Å². The van der Waals surface area contributed by atoms with Crippen molar-refractivity contribution in [1.82, 2.24) is 0 Å². The Morgan fingerprint density at radius 2 is 1.35 bits per heavy atom. The molecule has 3 rings (SSSR count). The van der Waals surface area contributed by atoms with Crippen LogP contribution in [0.3, 0.4) is 0 Å². The van der Waals surface area contributed by atoms with Gasteiger partial charge >= 0.3 is 0 Å². The van der Waals surface area contributed by atoms with Gasteiger partial charge in [-0.2, -0.15) is 0 Å². The summed E-state index contributed by atoms with van der Waals surface area (Å²) in [5.41, 5.74) is -6.42. The van der Waals surface area contributed by atoms with Gasteiger partial charge in [0.25, 0.3) is 6.71 Å². The van der Waals surface area contributed by atoms with Crippen molar-refractivity contribution in [3.05, 3.63) is 77.4 Å². The molecule has 136 valence electrons.